The van der Waals surface area contributed by atoms with Gasteiger partial charge in [0.15, 0.2) is 0 Å². The van der Waals surface area contributed by atoms with Crippen LogP contribution in [0.15, 0.2) is 12.1 Å². The summed E-state index contributed by atoms with van der Waals surface area (Å²) in [6.45, 7) is 11.0. The van der Waals surface area contributed by atoms with Gasteiger partial charge in [-0.15, -0.1) is 0 Å². The van der Waals surface area contributed by atoms with E-state index < -0.39 is 0 Å². The van der Waals surface area contributed by atoms with Gasteiger partial charge < -0.3 is 0 Å². The predicted octanol–water partition coefficient (Wildman–Crippen LogP) is 4.34. The molecule has 0 aliphatic heterocycles. The van der Waals surface area contributed by atoms with Crippen LogP contribution in [-0.2, 0) is 0 Å². The zero-order valence-corrected chi connectivity index (χ0v) is 9.94. The first-order valence-electron chi connectivity index (χ1n) is 5.31. The highest BCUT2D eigenvalue weighted by atomic mass is 14.1. The van der Waals surface area contributed by atoms with Crippen molar-refractivity contribution in [1.82, 2.24) is 0 Å². The second-order valence-electron chi connectivity index (χ2n) is 3.98. The van der Waals surface area contributed by atoms with E-state index in [1.54, 1.807) is 0 Å². The van der Waals surface area contributed by atoms with Crippen LogP contribution in [0.5, 0.6) is 0 Å². The van der Waals surface area contributed by atoms with E-state index in [9.17, 15) is 0 Å². The Labute approximate surface area is 87.7 Å². The summed E-state index contributed by atoms with van der Waals surface area (Å²) in [4.78, 5) is 0. The van der Waals surface area contributed by atoms with E-state index in [2.05, 4.69) is 52.8 Å². The zero-order chi connectivity index (χ0) is 10.7. The molecule has 0 heteroatoms. The average Bonchev–Trinajstić information content (AvgIpc) is 2.14. The summed E-state index contributed by atoms with van der Waals surface area (Å²) in [5.41, 5.74) is 7.03. The van der Waals surface area contributed by atoms with Crippen molar-refractivity contribution < 1.29 is 0 Å². The van der Waals surface area contributed by atoms with Crippen molar-refractivity contribution in [3.63, 3.8) is 0 Å². The van der Waals surface area contributed by atoms with Crippen LogP contribution < -0.4 is 0 Å². The van der Waals surface area contributed by atoms with E-state index in [1.807, 2.05) is 0 Å². The summed E-state index contributed by atoms with van der Waals surface area (Å²) < 4.78 is 0. The van der Waals surface area contributed by atoms with E-state index in [0.29, 0.717) is 0 Å². The highest BCUT2D eigenvalue weighted by Crippen LogP contribution is 2.22. The summed E-state index contributed by atoms with van der Waals surface area (Å²) in [6.07, 6.45) is 5.58. The summed E-state index contributed by atoms with van der Waals surface area (Å²) in [5.74, 6) is 0. The Balaban J connectivity index is 3.29. The Bertz CT molecular complexity index is 357. The van der Waals surface area contributed by atoms with Gasteiger partial charge in [-0.25, -0.2) is 0 Å². The van der Waals surface area contributed by atoms with Crippen LogP contribution >= 0.6 is 0 Å². The summed E-state index contributed by atoms with van der Waals surface area (Å²) in [7, 11) is 0. The molecule has 1 aromatic rings. The smallest absolute Gasteiger partial charge is 0.0198 e. The molecule has 0 heterocycles. The molecule has 0 atom stereocenters. The number of benzene rings is 1. The van der Waals surface area contributed by atoms with E-state index in [1.165, 1.54) is 27.8 Å². The lowest BCUT2D eigenvalue weighted by Crippen LogP contribution is -1.93. The monoisotopic (exact) mass is 188 g/mol. The second kappa shape index (κ2) is 4.45. The molecule has 0 aromatic heterocycles. The van der Waals surface area contributed by atoms with Crippen LogP contribution in [0.3, 0.4) is 0 Å². The number of hydrogen-bond acceptors (Lipinski definition) is 0. The Morgan fingerprint density at radius 1 is 1.00 bits per heavy atom. The van der Waals surface area contributed by atoms with E-state index in [-0.39, 0.29) is 0 Å². The summed E-state index contributed by atoms with van der Waals surface area (Å²) >= 11 is 0. The molecule has 0 aliphatic carbocycles. The fraction of sp³-hybridized carbons (Fsp3) is 0.429. The lowest BCUT2D eigenvalue weighted by atomic mass is 9.94. The lowest BCUT2D eigenvalue weighted by molar-refractivity contribution is 1.21. The third-order valence-corrected chi connectivity index (χ3v) is 2.94. The molecule has 0 radical (unpaired) electrons. The maximum absolute atomic E-state index is 2.28. The Morgan fingerprint density at radius 2 is 1.64 bits per heavy atom. The average molecular weight is 188 g/mol. The molecule has 0 saturated carbocycles. The molecule has 1 rings (SSSR count). The third-order valence-electron chi connectivity index (χ3n) is 2.94. The minimum Gasteiger partial charge on any atom is -0.0842 e. The molecule has 14 heavy (non-hydrogen) atoms. The molecular weight excluding hydrogens is 168 g/mol. The highest BCUT2D eigenvalue weighted by molar-refractivity contribution is 5.60. The standard InChI is InChI=1S/C14H20/c1-6-7-8-14-11(3)9-10(2)12(4)13(14)5/h7-9H,6H2,1-5H3. The largest absolute Gasteiger partial charge is 0.0842 e. The first-order valence-corrected chi connectivity index (χ1v) is 5.31. The second-order valence-corrected chi connectivity index (χ2v) is 3.98. The fourth-order valence-electron chi connectivity index (χ4n) is 1.80. The molecule has 0 N–H and O–H groups in total. The molecule has 0 saturated heterocycles. The van der Waals surface area contributed by atoms with Crippen molar-refractivity contribution in [3.05, 3.63) is 40.0 Å². The van der Waals surface area contributed by atoms with E-state index in [4.69, 9.17) is 0 Å². The number of aryl methyl sites for hydroxylation is 2. The molecule has 0 unspecified atom stereocenters. The van der Waals surface area contributed by atoms with Gasteiger partial charge in [0, 0.05) is 0 Å². The lowest BCUT2D eigenvalue weighted by Gasteiger charge is -2.11. The van der Waals surface area contributed by atoms with Crippen LogP contribution in [0.1, 0.15) is 41.2 Å². The van der Waals surface area contributed by atoms with Gasteiger partial charge in [0.05, 0.1) is 0 Å². The van der Waals surface area contributed by atoms with Crippen molar-refractivity contribution in [2.45, 2.75) is 41.0 Å². The Morgan fingerprint density at radius 3 is 2.21 bits per heavy atom. The molecule has 0 fully saturated rings. The van der Waals surface area contributed by atoms with Gasteiger partial charge in [0.25, 0.3) is 0 Å². The number of rotatable bonds is 2. The van der Waals surface area contributed by atoms with E-state index in [0.717, 1.165) is 6.42 Å². The zero-order valence-electron chi connectivity index (χ0n) is 9.94. The van der Waals surface area contributed by atoms with Gasteiger partial charge in [-0.1, -0.05) is 25.1 Å². The van der Waals surface area contributed by atoms with Crippen molar-refractivity contribution >= 4 is 6.08 Å². The van der Waals surface area contributed by atoms with Gasteiger partial charge in [0.2, 0.25) is 0 Å². The first-order chi connectivity index (χ1) is 6.57. The van der Waals surface area contributed by atoms with Crippen molar-refractivity contribution in [3.8, 4) is 0 Å². The van der Waals surface area contributed by atoms with Crippen LogP contribution in [-0.4, -0.2) is 0 Å². The third kappa shape index (κ3) is 2.06. The van der Waals surface area contributed by atoms with Gasteiger partial charge in [0.1, 0.15) is 0 Å². The number of allylic oxidation sites excluding steroid dienone is 1. The maximum Gasteiger partial charge on any atom is -0.0198 e. The SMILES string of the molecule is CCC=Cc1c(C)cc(C)c(C)c1C. The van der Waals surface area contributed by atoms with Gasteiger partial charge >= 0.3 is 0 Å². The molecule has 1 aromatic carbocycles. The van der Waals surface area contributed by atoms with Crippen molar-refractivity contribution in [2.24, 2.45) is 0 Å². The van der Waals surface area contributed by atoms with Crippen LogP contribution in [0.4, 0.5) is 0 Å². The predicted molar refractivity (Wildman–Crippen MR) is 64.7 cm³/mol. The Hall–Kier alpha value is -1.04. The molecule has 0 nitrogen and oxygen atoms in total. The maximum atomic E-state index is 2.28. The first kappa shape index (κ1) is 11.0. The molecule has 0 bridgehead atoms. The van der Waals surface area contributed by atoms with Crippen LogP contribution in [0, 0.1) is 27.7 Å². The van der Waals surface area contributed by atoms with Crippen LogP contribution in [0.2, 0.25) is 0 Å². The number of hydrogen-bond donors (Lipinski definition) is 0. The van der Waals surface area contributed by atoms with Gasteiger partial charge in [-0.05, 0) is 61.9 Å². The normalized spacial score (nSPS) is 11.2. The minimum absolute atomic E-state index is 1.10. The minimum atomic E-state index is 1.10. The molecule has 0 spiro atoms. The molecular formula is C14H20. The molecule has 0 aliphatic rings. The highest BCUT2D eigenvalue weighted by Gasteiger charge is 2.04. The Kier molecular flexibility index (Phi) is 3.51. The van der Waals surface area contributed by atoms with Gasteiger partial charge in [-0.3, -0.25) is 0 Å². The molecule has 76 valence electrons. The fourth-order valence-corrected chi connectivity index (χ4v) is 1.80. The summed E-state index contributed by atoms with van der Waals surface area (Å²) in [5, 5.41) is 0. The summed E-state index contributed by atoms with van der Waals surface area (Å²) in [6, 6.07) is 2.28. The van der Waals surface area contributed by atoms with E-state index >= 15 is 0 Å². The quantitative estimate of drug-likeness (QED) is 0.647. The van der Waals surface area contributed by atoms with Crippen molar-refractivity contribution in [2.75, 3.05) is 0 Å². The topological polar surface area (TPSA) is 0 Å². The van der Waals surface area contributed by atoms with Crippen molar-refractivity contribution in [1.29, 1.82) is 0 Å². The van der Waals surface area contributed by atoms with Crippen LogP contribution in [0.25, 0.3) is 6.08 Å². The van der Waals surface area contributed by atoms with Gasteiger partial charge in [-0.2, -0.15) is 0 Å². The molecule has 0 amide bonds.